The van der Waals surface area contributed by atoms with Gasteiger partial charge in [0.2, 0.25) is 5.91 Å². The molecule has 1 saturated heterocycles. The Morgan fingerprint density at radius 2 is 2.00 bits per heavy atom. The summed E-state index contributed by atoms with van der Waals surface area (Å²) in [6.07, 6.45) is 0.409. The number of benzene rings is 1. The van der Waals surface area contributed by atoms with E-state index in [1.54, 1.807) is 4.90 Å². The first kappa shape index (κ1) is 17.8. The van der Waals surface area contributed by atoms with Crippen molar-refractivity contribution < 1.29 is 24.2 Å². The summed E-state index contributed by atoms with van der Waals surface area (Å²) in [5, 5.41) is 12.4. The molecule has 1 aromatic carbocycles. The zero-order valence-electron chi connectivity index (χ0n) is 14.0. The molecule has 7 heteroatoms. The fourth-order valence-electron chi connectivity index (χ4n) is 2.76. The highest BCUT2D eigenvalue weighted by Gasteiger charge is 2.31. The molecule has 2 rings (SSSR count). The normalized spacial score (nSPS) is 17.2. The van der Waals surface area contributed by atoms with Crippen LogP contribution < -0.4 is 5.32 Å². The Morgan fingerprint density at radius 3 is 2.58 bits per heavy atom. The summed E-state index contributed by atoms with van der Waals surface area (Å²) < 4.78 is 4.59. The number of phenolic OH excluding ortho intramolecular Hbond substituents is 1. The van der Waals surface area contributed by atoms with Crippen molar-refractivity contribution in [3.8, 4) is 5.75 Å². The third-order valence-electron chi connectivity index (χ3n) is 4.01. The molecule has 130 valence electrons. The number of carbonyl (C=O) groups is 3. The Labute approximate surface area is 140 Å². The van der Waals surface area contributed by atoms with Crippen molar-refractivity contribution >= 4 is 17.8 Å². The summed E-state index contributed by atoms with van der Waals surface area (Å²) in [7, 11) is 1.23. The van der Waals surface area contributed by atoms with Gasteiger partial charge in [-0.1, -0.05) is 0 Å². The van der Waals surface area contributed by atoms with Crippen molar-refractivity contribution in [1.29, 1.82) is 0 Å². The fourth-order valence-corrected chi connectivity index (χ4v) is 2.76. The zero-order valence-corrected chi connectivity index (χ0v) is 14.0. The number of rotatable bonds is 5. The highest BCUT2D eigenvalue weighted by molar-refractivity contribution is 5.98. The first-order valence-electron chi connectivity index (χ1n) is 7.81. The molecule has 1 heterocycles. The van der Waals surface area contributed by atoms with Crippen molar-refractivity contribution in [2.75, 3.05) is 20.2 Å². The van der Waals surface area contributed by atoms with Gasteiger partial charge >= 0.3 is 5.97 Å². The lowest BCUT2D eigenvalue weighted by atomic mass is 10.1. The van der Waals surface area contributed by atoms with Crippen LogP contribution in [0.25, 0.3) is 0 Å². The molecule has 0 spiro atoms. The van der Waals surface area contributed by atoms with Crippen molar-refractivity contribution in [2.45, 2.75) is 26.3 Å². The molecule has 1 aromatic rings. The number of hydrogen-bond donors (Lipinski definition) is 2. The van der Waals surface area contributed by atoms with Crippen LogP contribution in [-0.4, -0.2) is 54.0 Å². The van der Waals surface area contributed by atoms with Gasteiger partial charge in [-0.15, -0.1) is 0 Å². The van der Waals surface area contributed by atoms with Gasteiger partial charge in [0.1, 0.15) is 5.75 Å². The molecule has 1 atom stereocenters. The SMILES string of the molecule is COC(=O)c1cc(O)cc(C(=O)NC[C@@H]2CC(=O)N(C(C)C)C2)c1. The Balaban J connectivity index is 2.00. The molecule has 1 aliphatic heterocycles. The van der Waals surface area contributed by atoms with Gasteiger partial charge in [0, 0.05) is 37.0 Å². The van der Waals surface area contributed by atoms with Crippen LogP contribution in [0.15, 0.2) is 18.2 Å². The average molecular weight is 334 g/mol. The number of nitrogens with one attached hydrogen (secondary N) is 1. The van der Waals surface area contributed by atoms with E-state index in [2.05, 4.69) is 10.1 Å². The number of ether oxygens (including phenoxy) is 1. The Kier molecular flexibility index (Phi) is 5.43. The maximum absolute atomic E-state index is 12.2. The monoisotopic (exact) mass is 334 g/mol. The Bertz CT molecular complexity index is 656. The summed E-state index contributed by atoms with van der Waals surface area (Å²) in [6.45, 7) is 4.89. The lowest BCUT2D eigenvalue weighted by Gasteiger charge is -2.21. The van der Waals surface area contributed by atoms with Gasteiger partial charge in [0.15, 0.2) is 0 Å². The maximum Gasteiger partial charge on any atom is 0.338 e. The minimum atomic E-state index is -0.631. The second-order valence-electron chi connectivity index (χ2n) is 6.18. The zero-order chi connectivity index (χ0) is 17.9. The van der Waals surface area contributed by atoms with E-state index in [-0.39, 0.29) is 34.7 Å². The van der Waals surface area contributed by atoms with Gasteiger partial charge < -0.3 is 20.1 Å². The first-order valence-corrected chi connectivity index (χ1v) is 7.81. The topological polar surface area (TPSA) is 95.9 Å². The molecule has 0 aliphatic carbocycles. The predicted octanol–water partition coefficient (Wildman–Crippen LogP) is 1.17. The predicted molar refractivity (Wildman–Crippen MR) is 86.7 cm³/mol. The van der Waals surface area contributed by atoms with Crippen molar-refractivity contribution in [3.63, 3.8) is 0 Å². The van der Waals surface area contributed by atoms with Gasteiger partial charge in [0.05, 0.1) is 12.7 Å². The standard InChI is InChI=1S/C17H22N2O5/c1-10(2)19-9-11(4-15(19)21)8-18-16(22)12-5-13(17(23)24-3)7-14(20)6-12/h5-7,10-11,20H,4,8-9H2,1-3H3,(H,18,22)/t11-/m0/s1. The van der Waals surface area contributed by atoms with Crippen molar-refractivity contribution in [1.82, 2.24) is 10.2 Å². The summed E-state index contributed by atoms with van der Waals surface area (Å²) in [5.41, 5.74) is 0.269. The number of esters is 1. The maximum atomic E-state index is 12.2. The van der Waals surface area contributed by atoms with E-state index in [1.807, 2.05) is 13.8 Å². The van der Waals surface area contributed by atoms with E-state index in [0.29, 0.717) is 19.5 Å². The quantitative estimate of drug-likeness (QED) is 0.788. The largest absolute Gasteiger partial charge is 0.508 e. The molecule has 7 nitrogen and oxygen atoms in total. The van der Waals surface area contributed by atoms with Gasteiger partial charge in [-0.2, -0.15) is 0 Å². The number of hydrogen-bond acceptors (Lipinski definition) is 5. The summed E-state index contributed by atoms with van der Waals surface area (Å²) in [5.74, 6) is -1.08. The van der Waals surface area contributed by atoms with E-state index in [4.69, 9.17) is 0 Å². The van der Waals surface area contributed by atoms with Crippen LogP contribution in [0.3, 0.4) is 0 Å². The summed E-state index contributed by atoms with van der Waals surface area (Å²) >= 11 is 0. The molecule has 2 amide bonds. The minimum absolute atomic E-state index is 0.0567. The lowest BCUT2D eigenvalue weighted by Crippen LogP contribution is -2.34. The first-order chi connectivity index (χ1) is 11.3. The van der Waals surface area contributed by atoms with E-state index in [9.17, 15) is 19.5 Å². The number of aromatic hydroxyl groups is 1. The van der Waals surface area contributed by atoms with Crippen LogP contribution in [0, 0.1) is 5.92 Å². The van der Waals surface area contributed by atoms with Crippen LogP contribution in [0.4, 0.5) is 0 Å². The number of likely N-dealkylation sites (tertiary alicyclic amines) is 1. The summed E-state index contributed by atoms with van der Waals surface area (Å²) in [6, 6.07) is 4.02. The van der Waals surface area contributed by atoms with Crippen LogP contribution in [0.5, 0.6) is 5.75 Å². The number of nitrogens with zero attached hydrogens (tertiary/aromatic N) is 1. The van der Waals surface area contributed by atoms with Crippen molar-refractivity contribution in [3.05, 3.63) is 29.3 Å². The molecule has 0 saturated carbocycles. The smallest absolute Gasteiger partial charge is 0.338 e. The lowest BCUT2D eigenvalue weighted by molar-refractivity contribution is -0.129. The van der Waals surface area contributed by atoms with Gasteiger partial charge in [0.25, 0.3) is 5.91 Å². The second-order valence-corrected chi connectivity index (χ2v) is 6.18. The minimum Gasteiger partial charge on any atom is -0.508 e. The van der Waals surface area contributed by atoms with E-state index < -0.39 is 11.9 Å². The van der Waals surface area contributed by atoms with Gasteiger partial charge in [-0.3, -0.25) is 9.59 Å². The fraction of sp³-hybridized carbons (Fsp3) is 0.471. The molecule has 0 bridgehead atoms. The molecule has 1 fully saturated rings. The highest BCUT2D eigenvalue weighted by atomic mass is 16.5. The Morgan fingerprint density at radius 1 is 1.33 bits per heavy atom. The molecule has 2 N–H and O–H groups in total. The molecule has 0 aromatic heterocycles. The van der Waals surface area contributed by atoms with E-state index in [1.165, 1.54) is 25.3 Å². The molecule has 1 aliphatic rings. The Hall–Kier alpha value is -2.57. The van der Waals surface area contributed by atoms with Crippen LogP contribution in [0.1, 0.15) is 41.0 Å². The van der Waals surface area contributed by atoms with Crippen LogP contribution in [0.2, 0.25) is 0 Å². The van der Waals surface area contributed by atoms with E-state index in [0.717, 1.165) is 0 Å². The van der Waals surface area contributed by atoms with Crippen molar-refractivity contribution in [2.24, 2.45) is 5.92 Å². The number of carbonyl (C=O) groups excluding carboxylic acids is 3. The molecular formula is C17H22N2O5. The second kappa shape index (κ2) is 7.33. The molecule has 24 heavy (non-hydrogen) atoms. The third-order valence-corrected chi connectivity index (χ3v) is 4.01. The molecule has 0 radical (unpaired) electrons. The van der Waals surface area contributed by atoms with E-state index >= 15 is 0 Å². The molecular weight excluding hydrogens is 312 g/mol. The van der Waals surface area contributed by atoms with Gasteiger partial charge in [-0.25, -0.2) is 4.79 Å². The third kappa shape index (κ3) is 4.04. The number of methoxy groups -OCH3 is 1. The molecule has 0 unspecified atom stereocenters. The van der Waals surface area contributed by atoms with Crippen LogP contribution in [-0.2, 0) is 9.53 Å². The number of phenols is 1. The highest BCUT2D eigenvalue weighted by Crippen LogP contribution is 2.20. The van der Waals surface area contributed by atoms with Gasteiger partial charge in [-0.05, 0) is 32.0 Å². The van der Waals surface area contributed by atoms with Crippen LogP contribution >= 0.6 is 0 Å². The summed E-state index contributed by atoms with van der Waals surface area (Å²) in [4.78, 5) is 37.4. The average Bonchev–Trinajstić information content (AvgIpc) is 2.92. The number of amides is 2.